The lowest BCUT2D eigenvalue weighted by Gasteiger charge is -2.23. The molecule has 0 aliphatic rings. The van der Waals surface area contributed by atoms with Crippen molar-refractivity contribution in [1.29, 1.82) is 0 Å². The molecule has 4 rings (SSSR count). The normalized spacial score (nSPS) is 11.1. The largest absolute Gasteiger partial charge is 0.506 e. The predicted octanol–water partition coefficient (Wildman–Crippen LogP) is 4.82. The second-order valence-electron chi connectivity index (χ2n) is 8.68. The Morgan fingerprint density at radius 3 is 1.86 bits per heavy atom. The molecule has 0 atom stereocenters. The van der Waals surface area contributed by atoms with Crippen molar-refractivity contribution in [3.63, 3.8) is 0 Å². The molecule has 4 aromatic heterocycles. The minimum absolute atomic E-state index is 0.218. The van der Waals surface area contributed by atoms with Crippen LogP contribution in [0.1, 0.15) is 41.5 Å². The topological polar surface area (TPSA) is 117 Å². The van der Waals surface area contributed by atoms with Gasteiger partial charge in [0.05, 0.1) is 36.6 Å². The molecule has 0 saturated carbocycles. The molecular formula is C26H33BrN4O6. The Kier molecular flexibility index (Phi) is 10.5. The van der Waals surface area contributed by atoms with E-state index >= 15 is 0 Å². The van der Waals surface area contributed by atoms with Crippen molar-refractivity contribution >= 4 is 38.9 Å². The number of rotatable bonds is 6. The number of ether oxygens (including phenoxy) is 3. The molecule has 4 heterocycles. The Morgan fingerprint density at radius 1 is 0.838 bits per heavy atom. The molecule has 0 aliphatic heterocycles. The zero-order valence-corrected chi connectivity index (χ0v) is 23.4. The monoisotopic (exact) mass is 576 g/mol. The Balaban J connectivity index is 0.000000214. The summed E-state index contributed by atoms with van der Waals surface area (Å²) >= 11 is 3.17. The minimum atomic E-state index is -1.02. The van der Waals surface area contributed by atoms with Gasteiger partial charge in [0.1, 0.15) is 15.8 Å². The minimum Gasteiger partial charge on any atom is -0.506 e. The van der Waals surface area contributed by atoms with Crippen molar-refractivity contribution in [2.75, 3.05) is 13.2 Å². The van der Waals surface area contributed by atoms with Gasteiger partial charge in [-0.2, -0.15) is 10.2 Å². The van der Waals surface area contributed by atoms with E-state index in [1.165, 1.54) is 0 Å². The van der Waals surface area contributed by atoms with E-state index in [0.717, 1.165) is 11.0 Å². The highest BCUT2D eigenvalue weighted by Crippen LogP contribution is 2.20. The molecule has 1 N–H and O–H groups in total. The van der Waals surface area contributed by atoms with Crippen molar-refractivity contribution in [1.82, 2.24) is 19.2 Å². The molecule has 11 heteroatoms. The molecule has 0 amide bonds. The third-order valence-corrected chi connectivity index (χ3v) is 4.97. The van der Waals surface area contributed by atoms with E-state index < -0.39 is 9.93 Å². The van der Waals surface area contributed by atoms with Crippen molar-refractivity contribution < 1.29 is 28.9 Å². The second-order valence-corrected chi connectivity index (χ2v) is 10.7. The van der Waals surface area contributed by atoms with Gasteiger partial charge in [-0.15, -0.1) is 0 Å². The lowest BCUT2D eigenvalue weighted by atomic mass is 10.1. The number of carbonyl (C=O) groups excluding carboxylic acids is 2. The molecule has 10 nitrogen and oxygen atoms in total. The molecule has 0 bridgehead atoms. The van der Waals surface area contributed by atoms with Crippen LogP contribution in [0, 0.1) is 0 Å². The second kappa shape index (κ2) is 13.1. The van der Waals surface area contributed by atoms with Gasteiger partial charge in [-0.05, 0) is 77.9 Å². The molecule has 0 radical (unpaired) electrons. The van der Waals surface area contributed by atoms with Gasteiger partial charge in [-0.25, -0.2) is 13.8 Å². The molecule has 0 spiro atoms. The fraction of sp³-hybridized carbons (Fsp3) is 0.385. The SMILES string of the molecule is CCOC(=O)C(C)(C)Br.CCOC(=O)C(C)(C)Oc1ccc2ccnn2c1.Oc1ccc2ccnn2c1. The van der Waals surface area contributed by atoms with Crippen molar-refractivity contribution in [3.05, 3.63) is 61.2 Å². The van der Waals surface area contributed by atoms with E-state index in [4.69, 9.17) is 19.3 Å². The van der Waals surface area contributed by atoms with Crippen molar-refractivity contribution in [2.45, 2.75) is 51.5 Å². The molecule has 4 aromatic rings. The van der Waals surface area contributed by atoms with Gasteiger partial charge in [0.15, 0.2) is 5.60 Å². The van der Waals surface area contributed by atoms with Gasteiger partial charge < -0.3 is 19.3 Å². The van der Waals surface area contributed by atoms with Gasteiger partial charge in [0.2, 0.25) is 0 Å². The van der Waals surface area contributed by atoms with Crippen LogP contribution in [0.3, 0.4) is 0 Å². The fourth-order valence-corrected chi connectivity index (χ4v) is 2.92. The first kappa shape index (κ1) is 29.6. The molecule has 0 aliphatic carbocycles. The summed E-state index contributed by atoms with van der Waals surface area (Å²) in [6.07, 6.45) is 6.69. The Hall–Kier alpha value is -3.60. The van der Waals surface area contributed by atoms with Gasteiger partial charge >= 0.3 is 11.9 Å². The van der Waals surface area contributed by atoms with E-state index in [1.807, 2.05) is 24.3 Å². The Labute approximate surface area is 224 Å². The molecule has 0 fully saturated rings. The van der Waals surface area contributed by atoms with E-state index in [1.54, 1.807) is 87.5 Å². The van der Waals surface area contributed by atoms with Gasteiger partial charge in [-0.3, -0.25) is 4.79 Å². The van der Waals surface area contributed by atoms with Crippen LogP contribution < -0.4 is 4.74 Å². The van der Waals surface area contributed by atoms with Crippen LogP contribution in [0.15, 0.2) is 61.2 Å². The summed E-state index contributed by atoms with van der Waals surface area (Å²) in [6.45, 7) is 11.2. The lowest BCUT2D eigenvalue weighted by molar-refractivity contribution is -0.158. The van der Waals surface area contributed by atoms with Gasteiger partial charge in [0.25, 0.3) is 0 Å². The third kappa shape index (κ3) is 9.09. The summed E-state index contributed by atoms with van der Waals surface area (Å²) in [6, 6.07) is 10.9. The number of halogens is 1. The van der Waals surface area contributed by atoms with Crippen LogP contribution in [0.2, 0.25) is 0 Å². The maximum absolute atomic E-state index is 11.7. The number of hydrogen-bond acceptors (Lipinski definition) is 8. The van der Waals surface area contributed by atoms with E-state index in [0.29, 0.717) is 19.0 Å². The number of aromatic nitrogens is 4. The number of carbonyl (C=O) groups is 2. The average molecular weight is 577 g/mol. The molecule has 200 valence electrons. The predicted molar refractivity (Wildman–Crippen MR) is 143 cm³/mol. The van der Waals surface area contributed by atoms with E-state index in [-0.39, 0.29) is 17.7 Å². The summed E-state index contributed by atoms with van der Waals surface area (Å²) in [4.78, 5) is 22.5. The van der Waals surface area contributed by atoms with E-state index in [2.05, 4.69) is 26.1 Å². The Morgan fingerprint density at radius 2 is 1.35 bits per heavy atom. The first-order chi connectivity index (χ1) is 17.4. The molecular weight excluding hydrogens is 544 g/mol. The standard InChI is InChI=1S/C13H16N2O3.C7H6N2O.C6H11BrO2/c1-4-17-12(16)13(2,3)18-11-6-5-10-7-8-14-15(10)9-11;10-7-2-1-6-3-4-8-9(6)5-7;1-4-9-5(8)6(2,3)7/h5-9H,4H2,1-3H3;1-5,10H;4H2,1-3H3. The van der Waals surface area contributed by atoms with E-state index in [9.17, 15) is 9.59 Å². The van der Waals surface area contributed by atoms with Crippen molar-refractivity contribution in [3.8, 4) is 11.5 Å². The van der Waals surface area contributed by atoms with Crippen molar-refractivity contribution in [2.24, 2.45) is 0 Å². The quantitative estimate of drug-likeness (QED) is 0.256. The number of pyridine rings is 2. The lowest BCUT2D eigenvalue weighted by Crippen LogP contribution is -2.39. The zero-order valence-electron chi connectivity index (χ0n) is 21.8. The third-order valence-electron chi connectivity index (χ3n) is 4.65. The summed E-state index contributed by atoms with van der Waals surface area (Å²) in [5, 5.41) is 17.0. The van der Waals surface area contributed by atoms with Crippen LogP contribution in [0.5, 0.6) is 11.5 Å². The highest BCUT2D eigenvalue weighted by Gasteiger charge is 2.31. The molecule has 0 aromatic carbocycles. The van der Waals surface area contributed by atoms with Crippen LogP contribution in [-0.2, 0) is 19.1 Å². The van der Waals surface area contributed by atoms with Crippen LogP contribution in [0.25, 0.3) is 11.0 Å². The number of nitrogens with zero attached hydrogens (tertiary/aromatic N) is 4. The van der Waals surface area contributed by atoms with Gasteiger partial charge in [-0.1, -0.05) is 15.9 Å². The average Bonchev–Trinajstić information content (AvgIpc) is 3.48. The number of hydrogen-bond donors (Lipinski definition) is 1. The van der Waals surface area contributed by atoms with Crippen LogP contribution >= 0.6 is 15.9 Å². The molecule has 0 saturated heterocycles. The highest BCUT2D eigenvalue weighted by molar-refractivity contribution is 9.10. The number of fused-ring (bicyclic) bond motifs is 2. The number of aromatic hydroxyl groups is 1. The molecule has 37 heavy (non-hydrogen) atoms. The summed E-state index contributed by atoms with van der Waals surface area (Å²) in [7, 11) is 0. The molecule has 0 unspecified atom stereocenters. The maximum atomic E-state index is 11.7. The smallest absolute Gasteiger partial charge is 0.349 e. The summed E-state index contributed by atoms with van der Waals surface area (Å²) in [5.41, 5.74) is 0.936. The van der Waals surface area contributed by atoms with Gasteiger partial charge in [0, 0.05) is 12.4 Å². The number of esters is 2. The Bertz CT molecular complexity index is 1310. The summed E-state index contributed by atoms with van der Waals surface area (Å²) < 4.78 is 18.1. The first-order valence-electron chi connectivity index (χ1n) is 11.7. The van der Waals surface area contributed by atoms with Crippen LogP contribution in [-0.4, -0.2) is 59.4 Å². The zero-order chi connectivity index (χ0) is 27.6. The fourth-order valence-electron chi connectivity index (χ4n) is 2.80. The number of alkyl halides is 1. The first-order valence-corrected chi connectivity index (χ1v) is 12.4. The highest BCUT2D eigenvalue weighted by atomic mass is 79.9. The van der Waals surface area contributed by atoms with Crippen LogP contribution in [0.4, 0.5) is 0 Å². The summed E-state index contributed by atoms with van der Waals surface area (Å²) in [5.74, 6) is 0.205. The maximum Gasteiger partial charge on any atom is 0.349 e.